The fourth-order valence-electron chi connectivity index (χ4n) is 4.16. The van der Waals surface area contributed by atoms with Crippen LogP contribution in [-0.2, 0) is 41.5 Å². The van der Waals surface area contributed by atoms with Crippen LogP contribution in [0.2, 0.25) is 0 Å². The number of nitrogens with zero attached hydrogens (tertiary/aromatic N) is 1. The number of rotatable bonds is 8. The lowest BCUT2D eigenvalue weighted by Gasteiger charge is -2.13. The molecule has 0 amide bonds. The van der Waals surface area contributed by atoms with Crippen LogP contribution < -0.4 is 5.32 Å². The quantitative estimate of drug-likeness (QED) is 0.285. The maximum atomic E-state index is 13.0. The smallest absolute Gasteiger partial charge is 0.416 e. The zero-order valence-electron chi connectivity index (χ0n) is 19.9. The third kappa shape index (κ3) is 6.18. The number of esters is 1. The summed E-state index contributed by atoms with van der Waals surface area (Å²) in [6.07, 6.45) is 0.449. The molecule has 3 aromatic rings. The van der Waals surface area contributed by atoms with Crippen LogP contribution in [-0.4, -0.2) is 22.9 Å². The van der Waals surface area contributed by atoms with Gasteiger partial charge >= 0.3 is 12.1 Å². The van der Waals surface area contributed by atoms with E-state index >= 15 is 0 Å². The van der Waals surface area contributed by atoms with Gasteiger partial charge in [-0.2, -0.15) is 13.2 Å². The number of hydrogen-bond donors (Lipinski definition) is 1. The van der Waals surface area contributed by atoms with Gasteiger partial charge in [-0.25, -0.2) is 4.79 Å². The molecule has 0 fully saturated rings. The van der Waals surface area contributed by atoms with E-state index in [0.717, 1.165) is 45.8 Å². The van der Waals surface area contributed by atoms with E-state index < -0.39 is 11.7 Å². The first-order valence-electron chi connectivity index (χ1n) is 11.4. The van der Waals surface area contributed by atoms with Crippen LogP contribution in [0.25, 0.3) is 6.08 Å². The van der Waals surface area contributed by atoms with Gasteiger partial charge in [-0.15, -0.1) is 0 Å². The summed E-state index contributed by atoms with van der Waals surface area (Å²) in [5, 5.41) is 3.38. The Hall–Kier alpha value is -3.52. The number of anilines is 1. The molecule has 0 aliphatic heterocycles. The number of thiocarbonyl (C=S) groups is 1. The van der Waals surface area contributed by atoms with E-state index in [2.05, 4.69) is 16.4 Å². The lowest BCUT2D eigenvalue weighted by molar-refractivity contribution is -0.138. The average Bonchev–Trinajstić information content (AvgIpc) is 3.27. The molecule has 1 N–H and O–H groups in total. The summed E-state index contributed by atoms with van der Waals surface area (Å²) in [7, 11) is 1.36. The number of halogens is 3. The fraction of sp³-hybridized carbons (Fsp3) is 0.250. The molecular weight excluding hydrogens is 485 g/mol. The molecule has 2 aromatic carbocycles. The maximum absolute atomic E-state index is 13.0. The van der Waals surface area contributed by atoms with Crippen molar-refractivity contribution in [2.45, 2.75) is 38.9 Å². The second-order valence-electron chi connectivity index (χ2n) is 8.80. The predicted octanol–water partition coefficient (Wildman–Crippen LogP) is 6.29. The third-order valence-electron chi connectivity index (χ3n) is 6.09. The van der Waals surface area contributed by atoms with Gasteiger partial charge < -0.3 is 10.1 Å². The standard InChI is InChI=1S/C28H25F3N2O2S/c1-17-6-7-19(11-25(36)10-18-4-3-5-23(9-18)28(29,30)31)8-22(17)15-32-24-13-20-12-21(27(34)35-2)14-26(20)33-16-24/h3-9,12-13,16,32H,10-11,14-15H2,1-2H3. The molecule has 4 rings (SSSR count). The van der Waals surface area contributed by atoms with Crippen LogP contribution >= 0.6 is 12.2 Å². The Morgan fingerprint density at radius 1 is 1.11 bits per heavy atom. The fourth-order valence-corrected chi connectivity index (χ4v) is 4.49. The summed E-state index contributed by atoms with van der Waals surface area (Å²) in [6.45, 7) is 2.59. The predicted molar refractivity (Wildman–Crippen MR) is 138 cm³/mol. The van der Waals surface area contributed by atoms with Crippen molar-refractivity contribution >= 4 is 34.8 Å². The summed E-state index contributed by atoms with van der Waals surface area (Å²) in [6, 6.07) is 13.3. The first-order valence-corrected chi connectivity index (χ1v) is 11.8. The molecule has 0 spiro atoms. The van der Waals surface area contributed by atoms with Gasteiger partial charge in [0.2, 0.25) is 0 Å². The van der Waals surface area contributed by atoms with Crippen LogP contribution in [0.5, 0.6) is 0 Å². The van der Waals surface area contributed by atoms with E-state index in [0.29, 0.717) is 41.8 Å². The number of hydrogen-bond acceptors (Lipinski definition) is 5. The van der Waals surface area contributed by atoms with Crippen LogP contribution in [0.1, 0.15) is 39.1 Å². The lowest BCUT2D eigenvalue weighted by atomic mass is 9.99. The Morgan fingerprint density at radius 3 is 2.58 bits per heavy atom. The number of aryl methyl sites for hydroxylation is 1. The van der Waals surface area contributed by atoms with E-state index in [1.54, 1.807) is 18.3 Å². The molecule has 0 radical (unpaired) electrons. The molecule has 0 atom stereocenters. The number of carbonyl (C=O) groups excluding carboxylic acids is 1. The molecule has 1 heterocycles. The number of pyridine rings is 1. The summed E-state index contributed by atoms with van der Waals surface area (Å²) in [4.78, 5) is 16.9. The molecule has 0 saturated carbocycles. The summed E-state index contributed by atoms with van der Waals surface area (Å²) >= 11 is 5.51. The van der Waals surface area contributed by atoms with Crippen LogP contribution in [0.3, 0.4) is 0 Å². The highest BCUT2D eigenvalue weighted by atomic mass is 32.1. The van der Waals surface area contributed by atoms with Crippen molar-refractivity contribution in [3.63, 3.8) is 0 Å². The average molecular weight is 511 g/mol. The Labute approximate surface area is 213 Å². The summed E-state index contributed by atoms with van der Waals surface area (Å²) < 4.78 is 43.8. The minimum atomic E-state index is -4.37. The molecule has 36 heavy (non-hydrogen) atoms. The van der Waals surface area contributed by atoms with Gasteiger partial charge in [0.15, 0.2) is 0 Å². The van der Waals surface area contributed by atoms with Crippen molar-refractivity contribution < 1.29 is 22.7 Å². The molecule has 0 unspecified atom stereocenters. The molecule has 0 saturated heterocycles. The monoisotopic (exact) mass is 510 g/mol. The minimum Gasteiger partial charge on any atom is -0.466 e. The molecule has 1 aromatic heterocycles. The zero-order chi connectivity index (χ0) is 25.9. The number of aromatic nitrogens is 1. The second kappa shape index (κ2) is 10.6. The third-order valence-corrected chi connectivity index (χ3v) is 6.38. The minimum absolute atomic E-state index is 0.308. The Kier molecular flexibility index (Phi) is 7.54. The van der Waals surface area contributed by atoms with Crippen LogP contribution in [0, 0.1) is 6.92 Å². The van der Waals surface area contributed by atoms with Gasteiger partial charge in [0.25, 0.3) is 0 Å². The highest BCUT2D eigenvalue weighted by Crippen LogP contribution is 2.30. The van der Waals surface area contributed by atoms with Crippen molar-refractivity contribution in [1.29, 1.82) is 0 Å². The Bertz CT molecular complexity index is 1350. The molecule has 0 bridgehead atoms. The summed E-state index contributed by atoms with van der Waals surface area (Å²) in [5.41, 5.74) is 6.24. The molecule has 1 aliphatic rings. The van der Waals surface area contributed by atoms with Gasteiger partial charge in [0, 0.05) is 36.2 Å². The van der Waals surface area contributed by atoms with Crippen molar-refractivity contribution in [2.75, 3.05) is 12.4 Å². The second-order valence-corrected chi connectivity index (χ2v) is 9.38. The topological polar surface area (TPSA) is 51.2 Å². The number of methoxy groups -OCH3 is 1. The highest BCUT2D eigenvalue weighted by molar-refractivity contribution is 7.80. The SMILES string of the molecule is COC(=O)C1=Cc2cc(NCc3cc(CC(=S)Cc4cccc(C(F)(F)F)c4)ccc3C)cnc2C1. The number of ether oxygens (including phenoxy) is 1. The van der Waals surface area contributed by atoms with E-state index in [1.807, 2.05) is 25.1 Å². The van der Waals surface area contributed by atoms with Crippen LogP contribution in [0.4, 0.5) is 18.9 Å². The van der Waals surface area contributed by atoms with Crippen molar-refractivity contribution in [3.8, 4) is 0 Å². The highest BCUT2D eigenvalue weighted by Gasteiger charge is 2.30. The van der Waals surface area contributed by atoms with Crippen molar-refractivity contribution in [2.24, 2.45) is 0 Å². The number of nitrogens with one attached hydrogen (secondary N) is 1. The van der Waals surface area contributed by atoms with E-state index in [9.17, 15) is 18.0 Å². The van der Waals surface area contributed by atoms with Gasteiger partial charge in [0.05, 0.1) is 30.3 Å². The van der Waals surface area contributed by atoms with Crippen molar-refractivity contribution in [3.05, 3.63) is 99.4 Å². The lowest BCUT2D eigenvalue weighted by Crippen LogP contribution is -2.09. The Balaban J connectivity index is 1.40. The van der Waals surface area contributed by atoms with Gasteiger partial charge in [-0.05, 0) is 52.9 Å². The molecule has 1 aliphatic carbocycles. The van der Waals surface area contributed by atoms with Crippen LogP contribution in [0.15, 0.2) is 60.3 Å². The maximum Gasteiger partial charge on any atom is 0.416 e. The number of fused-ring (bicyclic) bond motifs is 1. The largest absolute Gasteiger partial charge is 0.466 e. The van der Waals surface area contributed by atoms with Gasteiger partial charge in [0.1, 0.15) is 0 Å². The normalized spacial score (nSPS) is 12.6. The first-order chi connectivity index (χ1) is 17.1. The zero-order valence-corrected chi connectivity index (χ0v) is 20.7. The molecule has 186 valence electrons. The molecule has 8 heteroatoms. The van der Waals surface area contributed by atoms with E-state index in [4.69, 9.17) is 17.0 Å². The number of carbonyl (C=O) groups is 1. The first kappa shape index (κ1) is 25.6. The Morgan fingerprint density at radius 2 is 1.86 bits per heavy atom. The molecule has 4 nitrogen and oxygen atoms in total. The van der Waals surface area contributed by atoms with E-state index in [1.165, 1.54) is 13.2 Å². The van der Waals surface area contributed by atoms with Crippen molar-refractivity contribution in [1.82, 2.24) is 4.98 Å². The summed E-state index contributed by atoms with van der Waals surface area (Å²) in [5.74, 6) is -0.346. The number of benzene rings is 2. The van der Waals surface area contributed by atoms with Gasteiger partial charge in [-0.3, -0.25) is 4.98 Å². The van der Waals surface area contributed by atoms with Gasteiger partial charge in [-0.1, -0.05) is 48.6 Å². The molecular formula is C28H25F3N2O2S. The number of alkyl halides is 3. The van der Waals surface area contributed by atoms with E-state index in [-0.39, 0.29) is 5.97 Å².